The van der Waals surface area contributed by atoms with Crippen LogP contribution in [0.25, 0.3) is 0 Å². The van der Waals surface area contributed by atoms with Crippen LogP contribution in [0, 0.1) is 0 Å². The summed E-state index contributed by atoms with van der Waals surface area (Å²) in [6.45, 7) is 0.640. The molecule has 2 amide bonds. The Kier molecular flexibility index (Phi) is 5.98. The summed E-state index contributed by atoms with van der Waals surface area (Å²) < 4.78 is 24.0. The van der Waals surface area contributed by atoms with Crippen molar-refractivity contribution in [3.63, 3.8) is 0 Å². The number of rotatable bonds is 6. The van der Waals surface area contributed by atoms with Gasteiger partial charge in [-0.1, -0.05) is 41.7 Å². The minimum absolute atomic E-state index is 0.196. The largest absolute Gasteiger partial charge is 0.361 e. The number of thiazole rings is 1. The molecule has 6 nitrogen and oxygen atoms in total. The molecule has 1 heterocycles. The third-order valence-corrected chi connectivity index (χ3v) is 3.71. The van der Waals surface area contributed by atoms with E-state index in [0.29, 0.717) is 11.7 Å². The second-order valence-corrected chi connectivity index (χ2v) is 5.47. The number of nitrogens with one attached hydrogen (secondary N) is 3. The Labute approximate surface area is 134 Å². The monoisotopic (exact) mass is 340 g/mol. The molecule has 0 saturated heterocycles. The minimum atomic E-state index is -3.19. The van der Waals surface area contributed by atoms with Gasteiger partial charge < -0.3 is 5.32 Å². The highest BCUT2D eigenvalue weighted by Crippen LogP contribution is 2.17. The number of hydrazine groups is 1. The van der Waals surface area contributed by atoms with Crippen molar-refractivity contribution in [1.82, 2.24) is 15.8 Å². The smallest absolute Gasteiger partial charge is 0.317 e. The first-order valence-corrected chi connectivity index (χ1v) is 7.50. The van der Waals surface area contributed by atoms with Gasteiger partial charge in [-0.3, -0.25) is 20.4 Å². The maximum atomic E-state index is 12.0. The summed E-state index contributed by atoms with van der Waals surface area (Å²) >= 11 is 1.06. The van der Waals surface area contributed by atoms with E-state index in [4.69, 9.17) is 0 Å². The van der Waals surface area contributed by atoms with Crippen molar-refractivity contribution in [1.29, 1.82) is 0 Å². The average molecular weight is 340 g/mol. The van der Waals surface area contributed by atoms with Gasteiger partial charge in [0.15, 0.2) is 5.13 Å². The standard InChI is InChI=1S/C14H14F2N4O2S/c15-11(16)13(22)20-19-12(21)10-8-18-14(23-10)17-7-6-9-4-2-1-3-5-9/h1-5,8,11H,6-7H2,(H,17,18)(H,19,21)(H,20,22). The van der Waals surface area contributed by atoms with Crippen LogP contribution in [0.15, 0.2) is 36.5 Å². The van der Waals surface area contributed by atoms with Crippen molar-refractivity contribution in [2.45, 2.75) is 12.8 Å². The van der Waals surface area contributed by atoms with Crippen LogP contribution in [0.5, 0.6) is 0 Å². The van der Waals surface area contributed by atoms with Gasteiger partial charge in [-0.2, -0.15) is 8.78 Å². The molecule has 23 heavy (non-hydrogen) atoms. The van der Waals surface area contributed by atoms with Gasteiger partial charge in [0.25, 0.3) is 5.91 Å². The Morgan fingerprint density at radius 3 is 2.61 bits per heavy atom. The van der Waals surface area contributed by atoms with Crippen LogP contribution in [0.4, 0.5) is 13.9 Å². The third kappa shape index (κ3) is 5.29. The fraction of sp³-hybridized carbons (Fsp3) is 0.214. The lowest BCUT2D eigenvalue weighted by Gasteiger charge is -2.04. The van der Waals surface area contributed by atoms with Crippen molar-refractivity contribution in [2.24, 2.45) is 0 Å². The van der Waals surface area contributed by atoms with Crippen LogP contribution in [0.3, 0.4) is 0 Å². The zero-order chi connectivity index (χ0) is 16.7. The quantitative estimate of drug-likeness (QED) is 0.701. The number of amides is 2. The minimum Gasteiger partial charge on any atom is -0.361 e. The fourth-order valence-corrected chi connectivity index (χ4v) is 2.39. The molecule has 1 aromatic heterocycles. The molecule has 0 aliphatic heterocycles. The van der Waals surface area contributed by atoms with Crippen LogP contribution in [0.2, 0.25) is 0 Å². The summed E-state index contributed by atoms with van der Waals surface area (Å²) in [5.41, 5.74) is 4.69. The molecule has 0 spiro atoms. The van der Waals surface area contributed by atoms with Crippen molar-refractivity contribution in [3.05, 3.63) is 47.0 Å². The van der Waals surface area contributed by atoms with Gasteiger partial charge in [-0.05, 0) is 12.0 Å². The summed E-state index contributed by atoms with van der Waals surface area (Å²) in [6, 6.07) is 9.86. The predicted octanol–water partition coefficient (Wildman–Crippen LogP) is 1.82. The number of hydrogen-bond acceptors (Lipinski definition) is 5. The van der Waals surface area contributed by atoms with E-state index >= 15 is 0 Å². The number of nitrogens with zero attached hydrogens (tertiary/aromatic N) is 1. The van der Waals surface area contributed by atoms with E-state index in [2.05, 4.69) is 10.3 Å². The first-order chi connectivity index (χ1) is 11.1. The number of aromatic nitrogens is 1. The number of alkyl halides is 2. The lowest BCUT2D eigenvalue weighted by atomic mass is 10.2. The third-order valence-electron chi connectivity index (χ3n) is 2.76. The van der Waals surface area contributed by atoms with Gasteiger partial charge in [-0.15, -0.1) is 0 Å². The van der Waals surface area contributed by atoms with Gasteiger partial charge in [-0.25, -0.2) is 4.98 Å². The van der Waals surface area contributed by atoms with Crippen molar-refractivity contribution < 1.29 is 18.4 Å². The molecule has 0 saturated carbocycles. The van der Waals surface area contributed by atoms with Crippen LogP contribution in [-0.2, 0) is 11.2 Å². The molecule has 0 aliphatic rings. The highest BCUT2D eigenvalue weighted by Gasteiger charge is 2.17. The lowest BCUT2D eigenvalue weighted by Crippen LogP contribution is -2.44. The van der Waals surface area contributed by atoms with E-state index in [0.717, 1.165) is 17.8 Å². The van der Waals surface area contributed by atoms with E-state index in [1.54, 1.807) is 5.43 Å². The predicted molar refractivity (Wildman–Crippen MR) is 82.4 cm³/mol. The van der Waals surface area contributed by atoms with Gasteiger partial charge in [0, 0.05) is 6.54 Å². The Hall–Kier alpha value is -2.55. The van der Waals surface area contributed by atoms with Crippen LogP contribution in [0.1, 0.15) is 15.2 Å². The molecule has 3 N–H and O–H groups in total. The molecule has 0 aliphatic carbocycles. The average Bonchev–Trinajstić information content (AvgIpc) is 3.02. The Balaban J connectivity index is 1.78. The number of carbonyl (C=O) groups excluding carboxylic acids is 2. The molecular weight excluding hydrogens is 326 g/mol. The summed E-state index contributed by atoms with van der Waals surface area (Å²) in [4.78, 5) is 26.5. The molecule has 0 atom stereocenters. The molecule has 0 fully saturated rings. The van der Waals surface area contributed by atoms with Gasteiger partial charge in [0.1, 0.15) is 4.88 Å². The molecule has 0 bridgehead atoms. The molecular formula is C14H14F2N4O2S. The highest BCUT2D eigenvalue weighted by atomic mass is 32.1. The molecule has 9 heteroatoms. The highest BCUT2D eigenvalue weighted by molar-refractivity contribution is 7.17. The van der Waals surface area contributed by atoms with Crippen LogP contribution < -0.4 is 16.2 Å². The number of halogens is 2. The Morgan fingerprint density at radius 1 is 1.17 bits per heavy atom. The van der Waals surface area contributed by atoms with Crippen molar-refractivity contribution in [2.75, 3.05) is 11.9 Å². The number of benzene rings is 1. The molecule has 2 rings (SSSR count). The number of carbonyl (C=O) groups is 2. The second-order valence-electron chi connectivity index (χ2n) is 4.44. The molecule has 0 unspecified atom stereocenters. The van der Waals surface area contributed by atoms with Crippen molar-refractivity contribution in [3.8, 4) is 0 Å². The van der Waals surface area contributed by atoms with E-state index in [-0.39, 0.29) is 4.88 Å². The first kappa shape index (κ1) is 16.8. The Morgan fingerprint density at radius 2 is 1.91 bits per heavy atom. The van der Waals surface area contributed by atoms with Gasteiger partial charge >= 0.3 is 12.3 Å². The topological polar surface area (TPSA) is 83.1 Å². The Bertz CT molecular complexity index is 664. The van der Waals surface area contributed by atoms with Gasteiger partial charge in [0.05, 0.1) is 6.20 Å². The summed E-state index contributed by atoms with van der Waals surface area (Å²) in [5.74, 6) is -2.27. The number of hydrogen-bond donors (Lipinski definition) is 3. The summed E-state index contributed by atoms with van der Waals surface area (Å²) in [7, 11) is 0. The summed E-state index contributed by atoms with van der Waals surface area (Å²) in [6.07, 6.45) is -1.09. The maximum Gasteiger partial charge on any atom is 0.317 e. The second kappa shape index (κ2) is 8.18. The maximum absolute atomic E-state index is 12.0. The van der Waals surface area contributed by atoms with Crippen molar-refractivity contribution >= 4 is 28.3 Å². The first-order valence-electron chi connectivity index (χ1n) is 6.68. The fourth-order valence-electron chi connectivity index (χ4n) is 1.65. The summed E-state index contributed by atoms with van der Waals surface area (Å²) in [5, 5.41) is 3.61. The zero-order valence-electron chi connectivity index (χ0n) is 11.9. The van der Waals surface area contributed by atoms with E-state index in [9.17, 15) is 18.4 Å². The lowest BCUT2D eigenvalue weighted by molar-refractivity contribution is -0.132. The van der Waals surface area contributed by atoms with Crippen LogP contribution in [-0.4, -0.2) is 29.8 Å². The van der Waals surface area contributed by atoms with E-state index in [1.807, 2.05) is 35.8 Å². The molecule has 2 aromatic rings. The molecule has 122 valence electrons. The van der Waals surface area contributed by atoms with E-state index in [1.165, 1.54) is 11.8 Å². The molecule has 1 aromatic carbocycles. The number of anilines is 1. The SMILES string of the molecule is O=C(NNC(=O)C(F)F)c1cnc(NCCc2ccccc2)s1. The zero-order valence-corrected chi connectivity index (χ0v) is 12.7. The van der Waals surface area contributed by atoms with Crippen LogP contribution >= 0.6 is 11.3 Å². The molecule has 0 radical (unpaired) electrons. The van der Waals surface area contributed by atoms with E-state index < -0.39 is 18.2 Å². The normalized spacial score (nSPS) is 10.4. The van der Waals surface area contributed by atoms with Gasteiger partial charge in [0.2, 0.25) is 0 Å².